The summed E-state index contributed by atoms with van der Waals surface area (Å²) in [6.07, 6.45) is -4.50. The number of ether oxygens (including phenoxy) is 2. The van der Waals surface area contributed by atoms with Crippen LogP contribution < -0.4 is 5.32 Å². The highest BCUT2D eigenvalue weighted by Gasteiger charge is 2.44. The Morgan fingerprint density at radius 3 is 2.68 bits per heavy atom. The van der Waals surface area contributed by atoms with Gasteiger partial charge in [0.15, 0.2) is 23.2 Å². The summed E-state index contributed by atoms with van der Waals surface area (Å²) in [5, 5.41) is 33.6. The lowest BCUT2D eigenvalue weighted by Gasteiger charge is -2.18. The maximum absolute atomic E-state index is 11.0. The molecule has 180 valence electrons. The number of fused-ring (bicyclic) bond motifs is 1. The fraction of sp³-hybridized carbons (Fsp3) is 0.400. The van der Waals surface area contributed by atoms with Crippen LogP contribution in [0, 0.1) is 11.3 Å². The van der Waals surface area contributed by atoms with Gasteiger partial charge < -0.3 is 34.8 Å². The van der Waals surface area contributed by atoms with E-state index in [4.69, 9.17) is 19.3 Å². The maximum Gasteiger partial charge on any atom is 0.350 e. The molecule has 1 saturated heterocycles. The van der Waals surface area contributed by atoms with Gasteiger partial charge in [-0.2, -0.15) is 15.2 Å². The Bertz CT molecular complexity index is 1240. The zero-order valence-electron chi connectivity index (χ0n) is 18.0. The number of rotatable bonds is 8. The van der Waals surface area contributed by atoms with Crippen molar-refractivity contribution in [3.63, 3.8) is 0 Å². The number of aromatic nitrogens is 4. The van der Waals surface area contributed by atoms with Crippen LogP contribution in [0.25, 0.3) is 11.2 Å². The average Bonchev–Trinajstić information content (AvgIpc) is 3.35. The number of aliphatic hydroxyl groups excluding tert-OH is 2. The van der Waals surface area contributed by atoms with Crippen molar-refractivity contribution in [3.8, 4) is 6.07 Å². The van der Waals surface area contributed by atoms with Crippen molar-refractivity contribution in [1.82, 2.24) is 19.5 Å². The largest absolute Gasteiger partial charge is 0.387 e. The predicted molar refractivity (Wildman–Crippen MR) is 117 cm³/mol. The second-order valence-corrected chi connectivity index (χ2v) is 9.41. The monoisotopic (exact) mass is 490 g/mol. The van der Waals surface area contributed by atoms with Crippen LogP contribution in [0.3, 0.4) is 0 Å². The Labute approximate surface area is 193 Å². The normalized spacial score (nSPS) is 23.6. The van der Waals surface area contributed by atoms with Crippen molar-refractivity contribution in [2.24, 2.45) is 0 Å². The summed E-state index contributed by atoms with van der Waals surface area (Å²) in [6, 6.07) is 11.3. The predicted octanol–water partition coefficient (Wildman–Crippen LogP) is 0.642. The number of nitrogens with one attached hydrogen (secondary N) is 1. The highest BCUT2D eigenvalue weighted by Crippen LogP contribution is 2.36. The lowest BCUT2D eigenvalue weighted by Crippen LogP contribution is -2.33. The minimum absolute atomic E-state index is 0.133. The Morgan fingerprint density at radius 1 is 1.26 bits per heavy atom. The summed E-state index contributed by atoms with van der Waals surface area (Å²) >= 11 is 0. The second kappa shape index (κ2) is 9.73. The first-order valence-corrected chi connectivity index (χ1v) is 12.1. The van der Waals surface area contributed by atoms with Gasteiger partial charge in [-0.25, -0.2) is 4.98 Å². The van der Waals surface area contributed by atoms with Crippen LogP contribution in [0.1, 0.15) is 30.6 Å². The highest BCUT2D eigenvalue weighted by atomic mass is 31.2. The molecule has 0 amide bonds. The number of imidazole rings is 1. The number of hydrogen-bond acceptors (Lipinski definition) is 10. The van der Waals surface area contributed by atoms with E-state index < -0.39 is 38.5 Å². The molecular formula is C20H23N6O7P. The zero-order chi connectivity index (χ0) is 24.5. The summed E-state index contributed by atoms with van der Waals surface area (Å²) in [7, 11) is -4.39. The fourth-order valence-electron chi connectivity index (χ4n) is 3.67. The van der Waals surface area contributed by atoms with Crippen molar-refractivity contribution in [2.75, 3.05) is 18.3 Å². The molecule has 5 atom stereocenters. The molecule has 1 aliphatic rings. The third kappa shape index (κ3) is 5.08. The van der Waals surface area contributed by atoms with Gasteiger partial charge in [0.05, 0.1) is 19.0 Å². The second-order valence-electron chi connectivity index (χ2n) is 7.82. The molecule has 0 saturated carbocycles. The van der Waals surface area contributed by atoms with E-state index in [1.54, 1.807) is 0 Å². The topological polar surface area (TPSA) is 196 Å². The van der Waals surface area contributed by atoms with Crippen molar-refractivity contribution >= 4 is 24.6 Å². The summed E-state index contributed by atoms with van der Waals surface area (Å²) in [4.78, 5) is 30.6. The van der Waals surface area contributed by atoms with Gasteiger partial charge in [-0.1, -0.05) is 30.3 Å². The first-order chi connectivity index (χ1) is 16.2. The zero-order valence-corrected chi connectivity index (χ0v) is 18.9. The molecule has 0 radical (unpaired) electrons. The van der Waals surface area contributed by atoms with Crippen molar-refractivity contribution in [1.29, 1.82) is 5.26 Å². The number of nitrogens with zero attached hydrogens (tertiary/aromatic N) is 5. The smallest absolute Gasteiger partial charge is 0.350 e. The quantitative estimate of drug-likeness (QED) is 0.277. The minimum Gasteiger partial charge on any atom is -0.387 e. The third-order valence-electron chi connectivity index (χ3n) is 5.33. The lowest BCUT2D eigenvalue weighted by molar-refractivity contribution is -0.0612. The van der Waals surface area contributed by atoms with E-state index in [9.17, 15) is 20.0 Å². The number of nitriles is 1. The van der Waals surface area contributed by atoms with Crippen LogP contribution in [0.2, 0.25) is 0 Å². The van der Waals surface area contributed by atoms with E-state index in [0.717, 1.165) is 5.56 Å². The van der Waals surface area contributed by atoms with Gasteiger partial charge >= 0.3 is 7.60 Å². The Morgan fingerprint density at radius 2 is 2.00 bits per heavy atom. The SMILES string of the molecule is CC(Nc1nc(C#N)nc2c1ncn2[C@@H]1O[C@H](COCP(=O)(O)O)[C@@H](O)[C@H]1O)c1ccccc1. The fourth-order valence-corrected chi connectivity index (χ4v) is 4.01. The number of aliphatic hydroxyl groups is 2. The number of hydrogen-bond donors (Lipinski definition) is 5. The van der Waals surface area contributed by atoms with Crippen LogP contribution in [-0.2, 0) is 14.0 Å². The minimum atomic E-state index is -4.39. The van der Waals surface area contributed by atoms with Crippen LogP contribution in [-0.4, -0.2) is 70.8 Å². The van der Waals surface area contributed by atoms with E-state index in [1.807, 2.05) is 43.3 Å². The third-order valence-corrected chi connectivity index (χ3v) is 5.85. The Balaban J connectivity index is 1.61. The standard InChI is InChI=1S/C20H23N6O7P/c1-11(12-5-3-2-4-6-12)23-18-15-19(25-14(7-21)24-18)26(9-22-15)20-17(28)16(27)13(33-20)8-32-10-34(29,30)31/h2-6,9,11,13,16-17,20,27-28H,8,10H2,1H3,(H,23,24,25)(H2,29,30,31)/t11?,13-,16-,17-,20-/m1/s1. The average molecular weight is 490 g/mol. The summed E-state index contributed by atoms with van der Waals surface area (Å²) < 4.78 is 23.0. The molecule has 34 heavy (non-hydrogen) atoms. The van der Waals surface area contributed by atoms with Gasteiger partial charge in [0, 0.05) is 0 Å². The van der Waals surface area contributed by atoms with Gasteiger partial charge in [-0.05, 0) is 12.5 Å². The molecule has 0 spiro atoms. The Kier molecular flexibility index (Phi) is 6.92. The summed E-state index contributed by atoms with van der Waals surface area (Å²) in [5.41, 5.74) is 1.51. The van der Waals surface area contributed by atoms with E-state index in [-0.39, 0.29) is 24.1 Å². The molecular weight excluding hydrogens is 467 g/mol. The van der Waals surface area contributed by atoms with Crippen LogP contribution in [0.5, 0.6) is 0 Å². The number of anilines is 1. The summed E-state index contributed by atoms with van der Waals surface area (Å²) in [6.45, 7) is 1.57. The molecule has 0 aliphatic carbocycles. The van der Waals surface area contributed by atoms with Gasteiger partial charge in [0.25, 0.3) is 0 Å². The van der Waals surface area contributed by atoms with Gasteiger partial charge in [0.1, 0.15) is 30.7 Å². The molecule has 4 rings (SSSR count). The van der Waals surface area contributed by atoms with Crippen molar-refractivity contribution < 1.29 is 34.0 Å². The number of benzene rings is 1. The van der Waals surface area contributed by atoms with E-state index >= 15 is 0 Å². The van der Waals surface area contributed by atoms with Gasteiger partial charge in [-0.3, -0.25) is 9.13 Å². The van der Waals surface area contributed by atoms with Crippen molar-refractivity contribution in [2.45, 2.75) is 37.5 Å². The molecule has 1 aromatic carbocycles. The maximum atomic E-state index is 11.0. The van der Waals surface area contributed by atoms with Crippen LogP contribution >= 0.6 is 7.60 Å². The van der Waals surface area contributed by atoms with Crippen LogP contribution in [0.4, 0.5) is 5.82 Å². The van der Waals surface area contributed by atoms with E-state index in [0.29, 0.717) is 11.3 Å². The summed E-state index contributed by atoms with van der Waals surface area (Å²) in [5.74, 6) is 0.179. The molecule has 14 heteroatoms. The molecule has 1 fully saturated rings. The molecule has 1 aliphatic heterocycles. The molecule has 0 bridgehead atoms. The first-order valence-electron chi connectivity index (χ1n) is 10.3. The Hall–Kier alpha value is -2.95. The molecule has 3 heterocycles. The molecule has 13 nitrogen and oxygen atoms in total. The van der Waals surface area contributed by atoms with E-state index in [1.165, 1.54) is 10.9 Å². The lowest BCUT2D eigenvalue weighted by atomic mass is 10.1. The molecule has 1 unspecified atom stereocenters. The van der Waals surface area contributed by atoms with E-state index in [2.05, 4.69) is 20.3 Å². The molecule has 5 N–H and O–H groups in total. The van der Waals surface area contributed by atoms with Crippen molar-refractivity contribution in [3.05, 3.63) is 48.0 Å². The van der Waals surface area contributed by atoms with Gasteiger partial charge in [-0.15, -0.1) is 0 Å². The highest BCUT2D eigenvalue weighted by molar-refractivity contribution is 7.51. The van der Waals surface area contributed by atoms with Crippen LogP contribution in [0.15, 0.2) is 36.7 Å². The first kappa shape index (κ1) is 24.2. The van der Waals surface area contributed by atoms with Gasteiger partial charge in [0.2, 0.25) is 5.82 Å². The molecule has 3 aromatic rings. The molecule has 2 aromatic heterocycles.